The maximum absolute atomic E-state index is 15.6. The summed E-state index contributed by atoms with van der Waals surface area (Å²) in [5.74, 6) is -1.92. The van der Waals surface area contributed by atoms with Crippen molar-refractivity contribution >= 4 is 29.3 Å². The standard InChI is InChI=1S/C34H49FN6O4/c1-6-29(42)37-30(34(45)41-19-17-39(5)18-20-41)23(4)25-14-15-27(26(35)21-25)36-33(44)31(24-12-10-22(3)11-13-24)38-32(43)28-9-8-16-40(28)7-2/h8-9,14-16,21-24,30-31H,6-7,10-13,17-20H2,1-5H3,(H,36,44)(H,37,42)(H,38,43)/t22?,23-,24?,30+,31-/m0/s1. The highest BCUT2D eigenvalue weighted by Crippen LogP contribution is 2.32. The minimum Gasteiger partial charge on any atom is -0.344 e. The summed E-state index contributed by atoms with van der Waals surface area (Å²) in [6.07, 6.45) is 5.54. The zero-order chi connectivity index (χ0) is 32.7. The van der Waals surface area contributed by atoms with Gasteiger partial charge in [0.2, 0.25) is 17.7 Å². The van der Waals surface area contributed by atoms with Gasteiger partial charge in [-0.1, -0.05) is 39.7 Å². The van der Waals surface area contributed by atoms with Gasteiger partial charge in [-0.05, 0) is 68.5 Å². The van der Waals surface area contributed by atoms with Crippen LogP contribution < -0.4 is 16.0 Å². The van der Waals surface area contributed by atoms with E-state index in [9.17, 15) is 19.2 Å². The van der Waals surface area contributed by atoms with Gasteiger partial charge in [0.25, 0.3) is 5.91 Å². The number of likely N-dealkylation sites (N-methyl/N-ethyl adjacent to an activating group) is 1. The fourth-order valence-corrected chi connectivity index (χ4v) is 6.35. The molecule has 1 saturated heterocycles. The summed E-state index contributed by atoms with van der Waals surface area (Å²) in [4.78, 5) is 56.7. The molecule has 45 heavy (non-hydrogen) atoms. The Labute approximate surface area is 266 Å². The van der Waals surface area contributed by atoms with E-state index in [1.165, 1.54) is 12.1 Å². The van der Waals surface area contributed by atoms with Gasteiger partial charge in [0, 0.05) is 51.3 Å². The molecule has 11 heteroatoms. The molecule has 1 aliphatic heterocycles. The lowest BCUT2D eigenvalue weighted by Crippen LogP contribution is -2.55. The number of aromatic nitrogens is 1. The number of nitrogens with zero attached hydrogens (tertiary/aromatic N) is 3. The van der Waals surface area contributed by atoms with Crippen molar-refractivity contribution in [3.63, 3.8) is 0 Å². The summed E-state index contributed by atoms with van der Waals surface area (Å²) >= 11 is 0. The van der Waals surface area contributed by atoms with Crippen molar-refractivity contribution in [1.82, 2.24) is 25.0 Å². The maximum Gasteiger partial charge on any atom is 0.268 e. The smallest absolute Gasteiger partial charge is 0.268 e. The molecule has 0 radical (unpaired) electrons. The SMILES string of the molecule is CCC(=O)N[C@@H](C(=O)N1CCN(C)CC1)[C@@H](C)c1ccc(NC(=O)[C@@H](NC(=O)c2cccn2CC)C2CCC(C)CC2)c(F)c1. The zero-order valence-electron chi connectivity index (χ0n) is 27.3. The molecule has 4 amide bonds. The number of benzene rings is 1. The Kier molecular flexibility index (Phi) is 11.8. The third-order valence-corrected chi connectivity index (χ3v) is 9.50. The Morgan fingerprint density at radius 3 is 2.29 bits per heavy atom. The second-order valence-electron chi connectivity index (χ2n) is 12.7. The molecule has 2 fully saturated rings. The fourth-order valence-electron chi connectivity index (χ4n) is 6.35. The Morgan fingerprint density at radius 1 is 0.978 bits per heavy atom. The molecule has 1 saturated carbocycles. The number of rotatable bonds is 11. The molecule has 0 unspecified atom stereocenters. The molecule has 2 heterocycles. The average Bonchev–Trinajstić information content (AvgIpc) is 3.53. The molecular formula is C34H49FN6O4. The van der Waals surface area contributed by atoms with E-state index in [0.29, 0.717) is 36.8 Å². The second-order valence-corrected chi connectivity index (χ2v) is 12.7. The van der Waals surface area contributed by atoms with Crippen molar-refractivity contribution in [3.05, 3.63) is 53.6 Å². The van der Waals surface area contributed by atoms with Crippen molar-refractivity contribution in [2.75, 3.05) is 38.5 Å². The number of aryl methyl sites for hydroxylation is 1. The van der Waals surface area contributed by atoms with Crippen molar-refractivity contribution in [1.29, 1.82) is 0 Å². The Balaban J connectivity index is 1.52. The number of anilines is 1. The Hall–Kier alpha value is -3.73. The largest absolute Gasteiger partial charge is 0.344 e. The lowest BCUT2D eigenvalue weighted by atomic mass is 9.79. The van der Waals surface area contributed by atoms with E-state index in [4.69, 9.17) is 0 Å². The number of hydrogen-bond donors (Lipinski definition) is 3. The van der Waals surface area contributed by atoms with Gasteiger partial charge in [-0.15, -0.1) is 0 Å². The normalized spacial score (nSPS) is 21.0. The number of carbonyl (C=O) groups is 4. The summed E-state index contributed by atoms with van der Waals surface area (Å²) < 4.78 is 17.4. The lowest BCUT2D eigenvalue weighted by Gasteiger charge is -2.36. The van der Waals surface area contributed by atoms with Crippen LogP contribution in [0.2, 0.25) is 0 Å². The van der Waals surface area contributed by atoms with Crippen molar-refractivity contribution in [2.24, 2.45) is 11.8 Å². The fraction of sp³-hybridized carbons (Fsp3) is 0.588. The molecule has 1 aromatic heterocycles. The van der Waals surface area contributed by atoms with Crippen LogP contribution in [0.1, 0.15) is 81.8 Å². The number of carbonyl (C=O) groups excluding carboxylic acids is 4. The number of nitrogens with one attached hydrogen (secondary N) is 3. The van der Waals surface area contributed by atoms with Gasteiger partial charge in [0.15, 0.2) is 0 Å². The van der Waals surface area contributed by atoms with Crippen LogP contribution in [0.3, 0.4) is 0 Å². The van der Waals surface area contributed by atoms with Gasteiger partial charge in [-0.3, -0.25) is 19.2 Å². The quantitative estimate of drug-likeness (QED) is 0.350. The highest BCUT2D eigenvalue weighted by atomic mass is 19.1. The van der Waals surface area contributed by atoms with E-state index >= 15 is 4.39 Å². The lowest BCUT2D eigenvalue weighted by molar-refractivity contribution is -0.138. The highest BCUT2D eigenvalue weighted by molar-refractivity contribution is 6.01. The summed E-state index contributed by atoms with van der Waals surface area (Å²) in [7, 11) is 2.00. The molecule has 3 N–H and O–H groups in total. The van der Waals surface area contributed by atoms with E-state index in [1.54, 1.807) is 36.9 Å². The van der Waals surface area contributed by atoms with Gasteiger partial charge in [-0.25, -0.2) is 4.39 Å². The van der Waals surface area contributed by atoms with E-state index < -0.39 is 29.7 Å². The summed E-state index contributed by atoms with van der Waals surface area (Å²) in [6.45, 7) is 10.9. The predicted molar refractivity (Wildman–Crippen MR) is 172 cm³/mol. The summed E-state index contributed by atoms with van der Waals surface area (Å²) in [5, 5.41) is 8.54. The molecule has 0 bridgehead atoms. The minimum absolute atomic E-state index is 0.00384. The number of hydrogen-bond acceptors (Lipinski definition) is 5. The Bertz CT molecular complexity index is 1350. The van der Waals surface area contributed by atoms with Crippen LogP contribution >= 0.6 is 0 Å². The molecule has 3 atom stereocenters. The van der Waals surface area contributed by atoms with Crippen LogP contribution in [-0.2, 0) is 20.9 Å². The molecule has 2 aliphatic rings. The average molecular weight is 625 g/mol. The molecule has 1 aliphatic carbocycles. The van der Waals surface area contributed by atoms with E-state index in [-0.39, 0.29) is 35.7 Å². The molecule has 246 valence electrons. The highest BCUT2D eigenvalue weighted by Gasteiger charge is 2.35. The number of halogens is 1. The predicted octanol–water partition coefficient (Wildman–Crippen LogP) is 3.98. The van der Waals surface area contributed by atoms with Crippen LogP contribution in [0.4, 0.5) is 10.1 Å². The molecule has 10 nitrogen and oxygen atoms in total. The van der Waals surface area contributed by atoms with Gasteiger partial charge >= 0.3 is 0 Å². The van der Waals surface area contributed by atoms with E-state index in [0.717, 1.165) is 38.8 Å². The van der Waals surface area contributed by atoms with E-state index in [2.05, 4.69) is 27.8 Å². The van der Waals surface area contributed by atoms with Gasteiger partial charge in [0.1, 0.15) is 23.6 Å². The monoisotopic (exact) mass is 624 g/mol. The van der Waals surface area contributed by atoms with Crippen LogP contribution in [-0.4, -0.2) is 83.3 Å². The molecular weight excluding hydrogens is 575 g/mol. The minimum atomic E-state index is -0.851. The molecule has 4 rings (SSSR count). The first-order valence-corrected chi connectivity index (χ1v) is 16.3. The first-order valence-electron chi connectivity index (χ1n) is 16.3. The molecule has 2 aromatic rings. The first kappa shape index (κ1) is 34.1. The topological polar surface area (TPSA) is 116 Å². The Morgan fingerprint density at radius 2 is 1.67 bits per heavy atom. The van der Waals surface area contributed by atoms with Gasteiger partial charge in [-0.2, -0.15) is 0 Å². The van der Waals surface area contributed by atoms with Crippen LogP contribution in [0.25, 0.3) is 0 Å². The first-order chi connectivity index (χ1) is 21.5. The number of amides is 4. The summed E-state index contributed by atoms with van der Waals surface area (Å²) in [5.41, 5.74) is 0.997. The van der Waals surface area contributed by atoms with Gasteiger partial charge < -0.3 is 30.3 Å². The van der Waals surface area contributed by atoms with Crippen LogP contribution in [0.15, 0.2) is 36.5 Å². The zero-order valence-corrected chi connectivity index (χ0v) is 27.3. The summed E-state index contributed by atoms with van der Waals surface area (Å²) in [6, 6.07) is 6.32. The molecule has 1 aromatic carbocycles. The third kappa shape index (κ3) is 8.51. The third-order valence-electron chi connectivity index (χ3n) is 9.50. The molecule has 0 spiro atoms. The van der Waals surface area contributed by atoms with Gasteiger partial charge in [0.05, 0.1) is 5.69 Å². The van der Waals surface area contributed by atoms with Crippen LogP contribution in [0, 0.1) is 17.7 Å². The maximum atomic E-state index is 15.6. The van der Waals surface area contributed by atoms with E-state index in [1.807, 2.05) is 24.7 Å². The number of piperazine rings is 1. The van der Waals surface area contributed by atoms with Crippen molar-refractivity contribution in [3.8, 4) is 0 Å². The second kappa shape index (κ2) is 15.5. The van der Waals surface area contributed by atoms with Crippen molar-refractivity contribution < 1.29 is 23.6 Å². The van der Waals surface area contributed by atoms with Crippen LogP contribution in [0.5, 0.6) is 0 Å². The van der Waals surface area contributed by atoms with Crippen molar-refractivity contribution in [2.45, 2.75) is 84.3 Å².